The van der Waals surface area contributed by atoms with Crippen LogP contribution in [-0.4, -0.2) is 193 Å². The van der Waals surface area contributed by atoms with Crippen LogP contribution in [0, 0.1) is 0 Å². The highest BCUT2D eigenvalue weighted by atomic mass is 32.2. The largest absolute Gasteiger partial charge is 0.481 e. The topological polar surface area (TPSA) is 536 Å². The molecule has 1 heterocycles. The Morgan fingerprint density at radius 1 is 0.640 bits per heavy atom. The van der Waals surface area contributed by atoms with Crippen molar-refractivity contribution in [2.75, 3.05) is 25.1 Å². The number of thioether (sulfide) groups is 1. The molecule has 31 nitrogen and oxygen atoms in total. The quantitative estimate of drug-likeness (QED) is 0.0167. The summed E-state index contributed by atoms with van der Waals surface area (Å²) in [6.45, 7) is 3.90. The maximum absolute atomic E-state index is 14.1. The highest BCUT2D eigenvalue weighted by Crippen LogP contribution is 2.10. The normalized spacial score (nSPS) is 15.4. The van der Waals surface area contributed by atoms with Crippen molar-refractivity contribution >= 4 is 82.8 Å². The van der Waals surface area contributed by atoms with Crippen molar-refractivity contribution in [1.29, 1.82) is 0 Å². The first-order valence-corrected chi connectivity index (χ1v) is 25.1. The average Bonchev–Trinajstić information content (AvgIpc) is 3.85. The molecular formula is C43H74N16O15S. The molecule has 1 rings (SSSR count). The number of hydrogen-bond acceptors (Lipinski definition) is 18. The van der Waals surface area contributed by atoms with E-state index in [0.717, 1.165) is 6.92 Å². The van der Waals surface area contributed by atoms with Gasteiger partial charge in [-0.15, -0.1) is 0 Å². The molecule has 11 atom stereocenters. The molecule has 0 radical (unpaired) electrons. The lowest BCUT2D eigenvalue weighted by Gasteiger charge is -2.28. The number of nitrogens with zero attached hydrogens (tertiary/aromatic N) is 2. The van der Waals surface area contributed by atoms with Gasteiger partial charge in [-0.1, -0.05) is 0 Å². The van der Waals surface area contributed by atoms with Gasteiger partial charge in [0.25, 0.3) is 0 Å². The van der Waals surface area contributed by atoms with Crippen molar-refractivity contribution in [3.05, 3.63) is 18.2 Å². The van der Waals surface area contributed by atoms with Crippen LogP contribution in [0.4, 0.5) is 0 Å². The second-order valence-electron chi connectivity index (χ2n) is 17.3. The molecule has 0 fully saturated rings. The van der Waals surface area contributed by atoms with Gasteiger partial charge >= 0.3 is 11.9 Å². The van der Waals surface area contributed by atoms with E-state index in [2.05, 4.69) is 57.5 Å². The fourth-order valence-electron chi connectivity index (χ4n) is 6.69. The molecule has 0 saturated carbocycles. The molecule has 0 spiro atoms. The lowest BCUT2D eigenvalue weighted by atomic mass is 10.0. The lowest BCUT2D eigenvalue weighted by molar-refractivity contribution is -0.143. The number of carboxylic acids is 2. The molecular weight excluding hydrogens is 1010 g/mol. The third-order valence-corrected chi connectivity index (χ3v) is 11.6. The Morgan fingerprint density at radius 3 is 1.68 bits per heavy atom. The van der Waals surface area contributed by atoms with Gasteiger partial charge in [-0.05, 0) is 84.3 Å². The van der Waals surface area contributed by atoms with Gasteiger partial charge in [-0.25, -0.2) is 9.78 Å². The number of primary amides is 1. The summed E-state index contributed by atoms with van der Waals surface area (Å²) >= 11 is 1.28. The maximum atomic E-state index is 14.1. The van der Waals surface area contributed by atoms with Gasteiger partial charge in [-0.2, -0.15) is 11.8 Å². The number of rotatable bonds is 37. The number of H-pyrrole nitrogens is 1. The van der Waals surface area contributed by atoms with Crippen LogP contribution in [0.1, 0.15) is 84.3 Å². The molecule has 0 saturated heterocycles. The van der Waals surface area contributed by atoms with E-state index in [1.165, 1.54) is 38.1 Å². The number of guanidine groups is 1. The first-order valence-electron chi connectivity index (χ1n) is 23.7. The predicted molar refractivity (Wildman–Crippen MR) is 269 cm³/mol. The Balaban J connectivity index is 3.45. The molecule has 9 amide bonds. The second kappa shape index (κ2) is 34.4. The number of nitrogens with one attached hydrogen (secondary N) is 9. The molecule has 0 unspecified atom stereocenters. The van der Waals surface area contributed by atoms with Crippen LogP contribution in [-0.2, 0) is 59.2 Å². The fourth-order valence-corrected chi connectivity index (χ4v) is 7.16. The van der Waals surface area contributed by atoms with Gasteiger partial charge < -0.3 is 96.6 Å². The number of amides is 9. The summed E-state index contributed by atoms with van der Waals surface area (Å²) in [5, 5.41) is 58.2. The zero-order valence-electron chi connectivity index (χ0n) is 42.2. The Hall–Kier alpha value is -7.16. The van der Waals surface area contributed by atoms with Gasteiger partial charge in [0.05, 0.1) is 25.0 Å². The van der Waals surface area contributed by atoms with Crippen molar-refractivity contribution in [2.24, 2.45) is 33.7 Å². The number of nitrogens with two attached hydrogens (primary N) is 5. The minimum Gasteiger partial charge on any atom is -0.481 e. The van der Waals surface area contributed by atoms with Crippen LogP contribution in [0.3, 0.4) is 0 Å². The van der Waals surface area contributed by atoms with E-state index in [4.69, 9.17) is 28.7 Å². The fraction of sp³-hybridized carbons (Fsp3) is 0.651. The van der Waals surface area contributed by atoms with Crippen molar-refractivity contribution in [1.82, 2.24) is 52.5 Å². The van der Waals surface area contributed by atoms with E-state index in [9.17, 15) is 73.2 Å². The summed E-state index contributed by atoms with van der Waals surface area (Å²) in [4.78, 5) is 155. The van der Waals surface area contributed by atoms with Crippen molar-refractivity contribution in [3.63, 3.8) is 0 Å². The van der Waals surface area contributed by atoms with E-state index in [1.54, 1.807) is 6.26 Å². The third kappa shape index (κ3) is 25.6. The second-order valence-corrected chi connectivity index (χ2v) is 18.3. The molecule has 0 bridgehead atoms. The van der Waals surface area contributed by atoms with Gasteiger partial charge in [-0.3, -0.25) is 52.9 Å². The number of carboxylic acid groups (broad SMARTS) is 2. The van der Waals surface area contributed by atoms with Crippen LogP contribution in [0.15, 0.2) is 17.5 Å². The number of aliphatic hydroxyl groups is 2. The first kappa shape index (κ1) is 65.9. The number of aliphatic carboxylic acids is 2. The number of carbonyl (C=O) groups excluding carboxylic acids is 9. The zero-order valence-corrected chi connectivity index (χ0v) is 43.0. The summed E-state index contributed by atoms with van der Waals surface area (Å²) < 4.78 is 0. The molecule has 23 N–H and O–H groups in total. The standard InChI is InChI=1S/C43H74N16O15S/c1-20(34(65)53-24(9-7-14-50-43(47)48)36(67)56-27(42(73)74)8-5-6-13-44)52-35(66)26(12-15-75-4)55-37(68)25(10-11-30(45)62)54-38(69)28(16-23-18-49-19-51-23)57-39(70)29(17-31(63)64)58-41(72)33(22(3)61)59-40(71)32(46)21(2)60/h18-22,24-29,32-33,60-61H,5-17,44,46H2,1-4H3,(H2,45,62)(H,49,51)(H,52,66)(H,53,65)(H,54,69)(H,55,68)(H,56,67)(H,57,70)(H,58,72)(H,59,71)(H,63,64)(H,73,74)(H4,47,48,50)/t20-,21+,22+,24-,25-,26-,27-,28-,29-,32-,33-/m0/s1. The van der Waals surface area contributed by atoms with Crippen LogP contribution in [0.25, 0.3) is 0 Å². The van der Waals surface area contributed by atoms with E-state index in [0.29, 0.717) is 19.4 Å². The van der Waals surface area contributed by atoms with Crippen LogP contribution in [0.5, 0.6) is 0 Å². The molecule has 32 heteroatoms. The molecule has 0 aliphatic carbocycles. The first-order chi connectivity index (χ1) is 35.2. The summed E-state index contributed by atoms with van der Waals surface area (Å²) in [6, 6.07) is -14.1. The minimum atomic E-state index is -1.97. The van der Waals surface area contributed by atoms with Crippen LogP contribution >= 0.6 is 11.8 Å². The van der Waals surface area contributed by atoms with Crippen molar-refractivity contribution in [3.8, 4) is 0 Å². The number of hydrogen-bond donors (Lipinski definition) is 18. The number of aromatic amines is 1. The maximum Gasteiger partial charge on any atom is 0.326 e. The Bertz CT molecular complexity index is 2110. The molecule has 75 heavy (non-hydrogen) atoms. The molecule has 0 aliphatic rings. The molecule has 422 valence electrons. The summed E-state index contributed by atoms with van der Waals surface area (Å²) in [5.41, 5.74) is 27.6. The summed E-state index contributed by atoms with van der Waals surface area (Å²) in [5.74, 6) is -12.2. The zero-order chi connectivity index (χ0) is 56.9. The molecule has 0 aliphatic heterocycles. The van der Waals surface area contributed by atoms with Gasteiger partial charge in [0, 0.05) is 31.3 Å². The van der Waals surface area contributed by atoms with Crippen molar-refractivity contribution < 1.29 is 73.2 Å². The van der Waals surface area contributed by atoms with Crippen LogP contribution in [0.2, 0.25) is 0 Å². The van der Waals surface area contributed by atoms with E-state index >= 15 is 0 Å². The number of carbonyl (C=O) groups is 11. The average molecular weight is 1090 g/mol. The summed E-state index contributed by atoms with van der Waals surface area (Å²) in [7, 11) is 0. The Kier molecular flexibility index (Phi) is 30.2. The van der Waals surface area contributed by atoms with Gasteiger partial charge in [0.1, 0.15) is 54.4 Å². The number of aliphatic imine (C=N–C) groups is 1. The number of unbranched alkanes of at least 4 members (excludes halogenated alkanes) is 1. The van der Waals surface area contributed by atoms with E-state index in [-0.39, 0.29) is 49.6 Å². The Morgan fingerprint density at radius 2 is 1.16 bits per heavy atom. The number of aliphatic hydroxyl groups excluding tert-OH is 2. The summed E-state index contributed by atoms with van der Waals surface area (Å²) in [6.07, 6.45) is -0.280. The van der Waals surface area contributed by atoms with E-state index in [1.807, 2.05) is 0 Å². The Labute approximate surface area is 436 Å². The number of imidazole rings is 1. The third-order valence-electron chi connectivity index (χ3n) is 11.0. The van der Waals surface area contributed by atoms with Crippen LogP contribution < -0.4 is 71.2 Å². The SMILES string of the molecule is CSCC[C@H](NC(=O)[C@H](CCC(N)=O)NC(=O)[C@H](Cc1cnc[nH]1)NC(=O)[C@H](CC(=O)O)NC(=O)[C@@H](NC(=O)[C@@H](N)[C@@H](C)O)[C@@H](C)O)C(=O)N[C@@H](C)C(=O)N[C@@H](CCCN=C(N)N)C(=O)N[C@@H](CCCCN)C(=O)O. The van der Waals surface area contributed by atoms with Crippen molar-refractivity contribution in [2.45, 2.75) is 152 Å². The monoisotopic (exact) mass is 1090 g/mol. The lowest BCUT2D eigenvalue weighted by Crippen LogP contribution is -2.62. The molecule has 1 aromatic heterocycles. The molecule has 1 aromatic rings. The highest BCUT2D eigenvalue weighted by Gasteiger charge is 2.36. The van der Waals surface area contributed by atoms with E-state index < -0.39 is 157 Å². The van der Waals surface area contributed by atoms with Gasteiger partial charge in [0.2, 0.25) is 53.2 Å². The highest BCUT2D eigenvalue weighted by molar-refractivity contribution is 7.98. The van der Waals surface area contributed by atoms with Gasteiger partial charge in [0.15, 0.2) is 5.96 Å². The predicted octanol–water partition coefficient (Wildman–Crippen LogP) is -7.30. The minimum absolute atomic E-state index is 0.0504. The molecule has 0 aromatic carbocycles. The smallest absolute Gasteiger partial charge is 0.326 e. The number of aromatic nitrogens is 2.